The molecular formula is C11H13N3O. The summed E-state index contributed by atoms with van der Waals surface area (Å²) in [5.41, 5.74) is 1.03. The molecule has 0 spiro atoms. The number of benzene rings is 1. The van der Waals surface area contributed by atoms with Crippen LogP contribution in [-0.2, 0) is 4.79 Å². The molecule has 0 saturated carbocycles. The van der Waals surface area contributed by atoms with E-state index in [-0.39, 0.29) is 5.91 Å². The highest BCUT2D eigenvalue weighted by Gasteiger charge is 2.21. The second-order valence-corrected chi connectivity index (χ2v) is 3.56. The summed E-state index contributed by atoms with van der Waals surface area (Å²) in [4.78, 5) is 13.2. The van der Waals surface area contributed by atoms with Crippen molar-refractivity contribution in [2.24, 2.45) is 5.10 Å². The maximum atomic E-state index is 11.4. The molecular weight excluding hydrogens is 190 g/mol. The number of hydrogen-bond acceptors (Lipinski definition) is 3. The highest BCUT2D eigenvalue weighted by Crippen LogP contribution is 2.09. The normalized spacial score (nSPS) is 16.7. The van der Waals surface area contributed by atoms with Crippen molar-refractivity contribution >= 4 is 11.7 Å². The van der Waals surface area contributed by atoms with Crippen molar-refractivity contribution in [3.05, 3.63) is 35.9 Å². The standard InChI is InChI=1S/C11H13N3O/c1-13-8-10(15)14(2)12-11(13)9-6-4-3-5-7-9/h3-7H,8H2,1-2H3. The molecule has 4 heteroatoms. The van der Waals surface area contributed by atoms with Crippen LogP contribution in [-0.4, -0.2) is 42.3 Å². The van der Waals surface area contributed by atoms with Crippen LogP contribution in [0, 0.1) is 0 Å². The third-order valence-corrected chi connectivity index (χ3v) is 2.37. The van der Waals surface area contributed by atoms with Gasteiger partial charge in [0, 0.05) is 19.7 Å². The minimum Gasteiger partial charge on any atom is -0.348 e. The van der Waals surface area contributed by atoms with Gasteiger partial charge in [-0.05, 0) is 0 Å². The third kappa shape index (κ3) is 1.83. The number of likely N-dealkylation sites (N-methyl/N-ethyl adjacent to an activating group) is 2. The number of carbonyl (C=O) groups excluding carboxylic acids is 1. The second-order valence-electron chi connectivity index (χ2n) is 3.56. The zero-order chi connectivity index (χ0) is 10.8. The molecule has 0 radical (unpaired) electrons. The first-order chi connectivity index (χ1) is 7.18. The maximum Gasteiger partial charge on any atom is 0.261 e. The number of carbonyl (C=O) groups is 1. The van der Waals surface area contributed by atoms with Crippen molar-refractivity contribution in [3.8, 4) is 0 Å². The second kappa shape index (κ2) is 3.73. The first-order valence-corrected chi connectivity index (χ1v) is 4.80. The van der Waals surface area contributed by atoms with E-state index in [1.54, 1.807) is 7.05 Å². The number of nitrogens with zero attached hydrogens (tertiary/aromatic N) is 3. The van der Waals surface area contributed by atoms with Crippen LogP contribution in [0.2, 0.25) is 0 Å². The topological polar surface area (TPSA) is 35.9 Å². The molecule has 1 aliphatic heterocycles. The van der Waals surface area contributed by atoms with Crippen molar-refractivity contribution < 1.29 is 4.79 Å². The van der Waals surface area contributed by atoms with Crippen LogP contribution >= 0.6 is 0 Å². The van der Waals surface area contributed by atoms with Gasteiger partial charge in [0.25, 0.3) is 5.91 Å². The van der Waals surface area contributed by atoms with Crippen LogP contribution in [0.5, 0.6) is 0 Å². The molecule has 1 aliphatic rings. The number of amidine groups is 1. The van der Waals surface area contributed by atoms with E-state index in [1.165, 1.54) is 5.01 Å². The molecule has 1 aromatic carbocycles. The van der Waals surface area contributed by atoms with Gasteiger partial charge in [0.2, 0.25) is 0 Å². The molecule has 0 fully saturated rings. The number of amides is 1. The van der Waals surface area contributed by atoms with E-state index in [0.29, 0.717) is 6.54 Å². The van der Waals surface area contributed by atoms with Gasteiger partial charge in [-0.15, -0.1) is 0 Å². The fraction of sp³-hybridized carbons (Fsp3) is 0.273. The summed E-state index contributed by atoms with van der Waals surface area (Å²) in [6, 6.07) is 9.85. The number of hydrogen-bond donors (Lipinski definition) is 0. The molecule has 0 N–H and O–H groups in total. The molecule has 4 nitrogen and oxygen atoms in total. The Labute approximate surface area is 88.8 Å². The minimum absolute atomic E-state index is 0.0113. The van der Waals surface area contributed by atoms with E-state index in [0.717, 1.165) is 11.4 Å². The van der Waals surface area contributed by atoms with Gasteiger partial charge in [0.05, 0.1) is 6.54 Å². The Morgan fingerprint density at radius 3 is 2.53 bits per heavy atom. The zero-order valence-electron chi connectivity index (χ0n) is 8.84. The lowest BCUT2D eigenvalue weighted by Crippen LogP contribution is -2.44. The summed E-state index contributed by atoms with van der Waals surface area (Å²) in [6.07, 6.45) is 0. The summed E-state index contributed by atoms with van der Waals surface area (Å²) in [5.74, 6) is 0.842. The quantitative estimate of drug-likeness (QED) is 0.675. The Hall–Kier alpha value is -1.84. The number of hydrazone groups is 1. The fourth-order valence-corrected chi connectivity index (χ4v) is 1.52. The lowest BCUT2D eigenvalue weighted by Gasteiger charge is -2.28. The monoisotopic (exact) mass is 203 g/mol. The largest absolute Gasteiger partial charge is 0.348 e. The zero-order valence-corrected chi connectivity index (χ0v) is 8.84. The van der Waals surface area contributed by atoms with Gasteiger partial charge in [0.15, 0.2) is 5.84 Å². The van der Waals surface area contributed by atoms with E-state index in [1.807, 2.05) is 42.3 Å². The molecule has 0 bridgehead atoms. The highest BCUT2D eigenvalue weighted by atomic mass is 16.2. The molecule has 1 heterocycles. The van der Waals surface area contributed by atoms with Crippen molar-refractivity contribution in [2.45, 2.75) is 0 Å². The third-order valence-electron chi connectivity index (χ3n) is 2.37. The van der Waals surface area contributed by atoms with Crippen LogP contribution in [0.25, 0.3) is 0 Å². The van der Waals surface area contributed by atoms with E-state index in [4.69, 9.17) is 0 Å². The van der Waals surface area contributed by atoms with Gasteiger partial charge in [-0.3, -0.25) is 4.79 Å². The fourth-order valence-electron chi connectivity index (χ4n) is 1.52. The predicted molar refractivity (Wildman–Crippen MR) is 58.4 cm³/mol. The van der Waals surface area contributed by atoms with Gasteiger partial charge >= 0.3 is 0 Å². The molecule has 1 aromatic rings. The Kier molecular flexibility index (Phi) is 2.41. The van der Waals surface area contributed by atoms with Crippen molar-refractivity contribution in [3.63, 3.8) is 0 Å². The van der Waals surface area contributed by atoms with Crippen molar-refractivity contribution in [1.82, 2.24) is 9.91 Å². The van der Waals surface area contributed by atoms with Crippen LogP contribution in [0.15, 0.2) is 35.4 Å². The van der Waals surface area contributed by atoms with Crippen molar-refractivity contribution in [2.75, 3.05) is 20.6 Å². The lowest BCUT2D eigenvalue weighted by molar-refractivity contribution is -0.131. The summed E-state index contributed by atoms with van der Waals surface area (Å²) >= 11 is 0. The van der Waals surface area contributed by atoms with E-state index in [9.17, 15) is 4.79 Å². The first kappa shape index (κ1) is 9.71. The highest BCUT2D eigenvalue weighted by molar-refractivity contribution is 6.02. The minimum atomic E-state index is 0.0113. The van der Waals surface area contributed by atoms with Gasteiger partial charge in [-0.1, -0.05) is 30.3 Å². The van der Waals surface area contributed by atoms with E-state index in [2.05, 4.69) is 5.10 Å². The summed E-state index contributed by atoms with van der Waals surface area (Å²) < 4.78 is 0. The average molecular weight is 203 g/mol. The van der Waals surface area contributed by atoms with Gasteiger partial charge in [-0.2, -0.15) is 5.10 Å². The molecule has 0 aliphatic carbocycles. The summed E-state index contributed by atoms with van der Waals surface area (Å²) in [5, 5.41) is 5.63. The molecule has 1 amide bonds. The Bertz CT molecular complexity index is 400. The molecule has 0 unspecified atom stereocenters. The summed E-state index contributed by atoms with van der Waals surface area (Å²) in [7, 11) is 3.55. The predicted octanol–water partition coefficient (Wildman–Crippen LogP) is 0.752. The van der Waals surface area contributed by atoms with E-state index < -0.39 is 0 Å². The van der Waals surface area contributed by atoms with Crippen LogP contribution in [0.1, 0.15) is 5.56 Å². The van der Waals surface area contributed by atoms with Crippen LogP contribution in [0.4, 0.5) is 0 Å². The molecule has 0 aromatic heterocycles. The Balaban J connectivity index is 2.37. The SMILES string of the molecule is CN1CC(=O)N(C)N=C1c1ccccc1. The lowest BCUT2D eigenvalue weighted by atomic mass is 10.2. The van der Waals surface area contributed by atoms with Crippen LogP contribution < -0.4 is 0 Å². The molecule has 2 rings (SSSR count). The molecule has 0 atom stereocenters. The van der Waals surface area contributed by atoms with Crippen LogP contribution in [0.3, 0.4) is 0 Å². The molecule has 15 heavy (non-hydrogen) atoms. The Morgan fingerprint density at radius 2 is 1.87 bits per heavy atom. The summed E-state index contributed by atoms with van der Waals surface area (Å²) in [6.45, 7) is 0.379. The van der Waals surface area contributed by atoms with Gasteiger partial charge in [-0.25, -0.2) is 5.01 Å². The smallest absolute Gasteiger partial charge is 0.261 e. The molecule has 0 saturated heterocycles. The van der Waals surface area contributed by atoms with Gasteiger partial charge in [0.1, 0.15) is 0 Å². The molecule has 78 valence electrons. The number of rotatable bonds is 1. The van der Waals surface area contributed by atoms with Crippen molar-refractivity contribution in [1.29, 1.82) is 0 Å². The maximum absolute atomic E-state index is 11.4. The first-order valence-electron chi connectivity index (χ1n) is 4.80. The van der Waals surface area contributed by atoms with Gasteiger partial charge < -0.3 is 4.90 Å². The average Bonchev–Trinajstić information content (AvgIpc) is 2.25. The Morgan fingerprint density at radius 1 is 1.20 bits per heavy atom. The van der Waals surface area contributed by atoms with E-state index >= 15 is 0 Å².